The van der Waals surface area contributed by atoms with Gasteiger partial charge in [-0.3, -0.25) is 4.79 Å². The summed E-state index contributed by atoms with van der Waals surface area (Å²) < 4.78 is 0. The summed E-state index contributed by atoms with van der Waals surface area (Å²) in [5, 5.41) is 12.0. The second-order valence-corrected chi connectivity index (χ2v) is 4.95. The Labute approximate surface area is 108 Å². The number of amides is 1. The van der Waals surface area contributed by atoms with Crippen molar-refractivity contribution in [3.8, 4) is 6.07 Å². The minimum atomic E-state index is -0.220. The minimum Gasteiger partial charge on any atom is -0.324 e. The van der Waals surface area contributed by atoms with E-state index >= 15 is 0 Å². The van der Waals surface area contributed by atoms with Gasteiger partial charge in [0.25, 0.3) is 0 Å². The molecule has 0 atom stereocenters. The van der Waals surface area contributed by atoms with Gasteiger partial charge < -0.3 is 5.32 Å². The summed E-state index contributed by atoms with van der Waals surface area (Å²) in [4.78, 5) is 12.4. The molecule has 1 amide bonds. The first-order valence-electron chi connectivity index (χ1n) is 6.52. The lowest BCUT2D eigenvalue weighted by Gasteiger charge is -2.26. The smallest absolute Gasteiger partial charge is 0.230 e. The summed E-state index contributed by atoms with van der Waals surface area (Å²) in [6, 6.07) is 9.26. The molecule has 0 bridgehead atoms. The molecule has 1 aliphatic carbocycles. The lowest BCUT2D eigenvalue weighted by molar-refractivity contribution is -0.125. The van der Waals surface area contributed by atoms with Crippen molar-refractivity contribution in [1.29, 1.82) is 5.26 Å². The molecule has 0 aliphatic heterocycles. The summed E-state index contributed by atoms with van der Waals surface area (Å²) >= 11 is 0. The monoisotopic (exact) mass is 242 g/mol. The molecule has 1 fully saturated rings. The van der Waals surface area contributed by atoms with Gasteiger partial charge in [-0.2, -0.15) is 5.26 Å². The van der Waals surface area contributed by atoms with Crippen LogP contribution in [0.3, 0.4) is 0 Å². The molecule has 0 saturated heterocycles. The van der Waals surface area contributed by atoms with Gasteiger partial charge in [0.15, 0.2) is 0 Å². The lowest BCUT2D eigenvalue weighted by Crippen LogP contribution is -2.33. The third-order valence-corrected chi connectivity index (χ3v) is 4.01. The van der Waals surface area contributed by atoms with E-state index in [1.807, 2.05) is 6.07 Å². The maximum absolute atomic E-state index is 12.4. The molecule has 0 spiro atoms. The number of benzene rings is 1. The van der Waals surface area contributed by atoms with Gasteiger partial charge in [-0.25, -0.2) is 0 Å². The van der Waals surface area contributed by atoms with Gasteiger partial charge in [0, 0.05) is 5.41 Å². The van der Waals surface area contributed by atoms with E-state index in [0.29, 0.717) is 11.3 Å². The van der Waals surface area contributed by atoms with Crippen LogP contribution in [0.15, 0.2) is 24.3 Å². The van der Waals surface area contributed by atoms with Gasteiger partial charge in [0.2, 0.25) is 5.91 Å². The van der Waals surface area contributed by atoms with E-state index in [1.54, 1.807) is 18.2 Å². The highest BCUT2D eigenvalue weighted by molar-refractivity contribution is 5.96. The van der Waals surface area contributed by atoms with E-state index in [2.05, 4.69) is 18.3 Å². The van der Waals surface area contributed by atoms with Crippen molar-refractivity contribution in [2.75, 3.05) is 5.32 Å². The molecule has 3 nitrogen and oxygen atoms in total. The van der Waals surface area contributed by atoms with Crippen molar-refractivity contribution < 1.29 is 4.79 Å². The van der Waals surface area contributed by atoms with Gasteiger partial charge in [0.1, 0.15) is 6.07 Å². The summed E-state index contributed by atoms with van der Waals surface area (Å²) in [5.41, 5.74) is 0.933. The maximum Gasteiger partial charge on any atom is 0.230 e. The first-order chi connectivity index (χ1) is 8.72. The van der Waals surface area contributed by atoms with Crippen LogP contribution < -0.4 is 5.32 Å². The van der Waals surface area contributed by atoms with Crippen LogP contribution >= 0.6 is 0 Å². The number of carbonyl (C=O) groups is 1. The van der Waals surface area contributed by atoms with Crippen molar-refractivity contribution in [1.82, 2.24) is 0 Å². The van der Waals surface area contributed by atoms with E-state index in [0.717, 1.165) is 32.1 Å². The molecular weight excluding hydrogens is 224 g/mol. The van der Waals surface area contributed by atoms with E-state index < -0.39 is 0 Å². The highest BCUT2D eigenvalue weighted by Gasteiger charge is 2.39. The number of nitriles is 1. The summed E-state index contributed by atoms with van der Waals surface area (Å²) in [6.45, 7) is 2.07. The van der Waals surface area contributed by atoms with Gasteiger partial charge in [0.05, 0.1) is 11.3 Å². The molecule has 1 N–H and O–H groups in total. The molecule has 0 heterocycles. The fraction of sp³-hybridized carbons (Fsp3) is 0.467. The SMILES string of the molecule is CCC1(C(=O)Nc2ccccc2C#N)CCCC1. The highest BCUT2D eigenvalue weighted by Crippen LogP contribution is 2.41. The zero-order valence-electron chi connectivity index (χ0n) is 10.7. The Bertz CT molecular complexity index is 482. The van der Waals surface area contributed by atoms with Gasteiger partial charge in [-0.1, -0.05) is 31.9 Å². The Morgan fingerprint density at radius 2 is 2.06 bits per heavy atom. The van der Waals surface area contributed by atoms with E-state index in [9.17, 15) is 4.79 Å². The largest absolute Gasteiger partial charge is 0.324 e. The molecule has 2 rings (SSSR count). The van der Waals surface area contributed by atoms with Crippen LogP contribution in [0.25, 0.3) is 0 Å². The van der Waals surface area contributed by atoms with E-state index in [4.69, 9.17) is 5.26 Å². The molecule has 18 heavy (non-hydrogen) atoms. The second kappa shape index (κ2) is 5.22. The van der Waals surface area contributed by atoms with Crippen LogP contribution in [0.5, 0.6) is 0 Å². The maximum atomic E-state index is 12.4. The quantitative estimate of drug-likeness (QED) is 0.882. The Morgan fingerprint density at radius 3 is 2.67 bits per heavy atom. The Balaban J connectivity index is 2.19. The zero-order chi connectivity index (χ0) is 13.0. The van der Waals surface area contributed by atoms with Crippen molar-refractivity contribution in [2.45, 2.75) is 39.0 Å². The molecule has 0 unspecified atom stereocenters. The first kappa shape index (κ1) is 12.6. The molecule has 0 aromatic heterocycles. The topological polar surface area (TPSA) is 52.9 Å². The molecule has 94 valence electrons. The number of para-hydroxylation sites is 1. The lowest BCUT2D eigenvalue weighted by atomic mass is 9.82. The van der Waals surface area contributed by atoms with E-state index in [1.165, 1.54) is 0 Å². The summed E-state index contributed by atoms with van der Waals surface area (Å²) in [5.74, 6) is 0.0743. The average molecular weight is 242 g/mol. The Kier molecular flexibility index (Phi) is 3.66. The molecule has 1 aromatic rings. The number of nitrogens with one attached hydrogen (secondary N) is 1. The Hall–Kier alpha value is -1.82. The third kappa shape index (κ3) is 2.24. The number of hydrogen-bond donors (Lipinski definition) is 1. The number of anilines is 1. The van der Waals surface area contributed by atoms with Crippen LogP contribution in [0.2, 0.25) is 0 Å². The van der Waals surface area contributed by atoms with Crippen molar-refractivity contribution >= 4 is 11.6 Å². The van der Waals surface area contributed by atoms with Crippen LogP contribution in [-0.4, -0.2) is 5.91 Å². The number of nitrogens with zero attached hydrogens (tertiary/aromatic N) is 1. The average Bonchev–Trinajstić information content (AvgIpc) is 2.89. The predicted molar refractivity (Wildman–Crippen MR) is 71.0 cm³/mol. The normalized spacial score (nSPS) is 17.1. The van der Waals surface area contributed by atoms with Crippen LogP contribution in [-0.2, 0) is 4.79 Å². The Morgan fingerprint density at radius 1 is 1.39 bits per heavy atom. The van der Waals surface area contributed by atoms with Crippen molar-refractivity contribution in [3.05, 3.63) is 29.8 Å². The highest BCUT2D eigenvalue weighted by atomic mass is 16.2. The molecule has 1 saturated carbocycles. The summed E-state index contributed by atoms with van der Waals surface area (Å²) in [6.07, 6.45) is 5.05. The second-order valence-electron chi connectivity index (χ2n) is 4.95. The third-order valence-electron chi connectivity index (χ3n) is 4.01. The summed E-state index contributed by atoms with van der Waals surface area (Å²) in [7, 11) is 0. The van der Waals surface area contributed by atoms with Crippen molar-refractivity contribution in [3.63, 3.8) is 0 Å². The first-order valence-corrected chi connectivity index (χ1v) is 6.52. The predicted octanol–water partition coefficient (Wildman–Crippen LogP) is 3.47. The molecule has 0 radical (unpaired) electrons. The number of carbonyl (C=O) groups excluding carboxylic acids is 1. The zero-order valence-corrected chi connectivity index (χ0v) is 10.7. The fourth-order valence-corrected chi connectivity index (χ4v) is 2.74. The molecule has 3 heteroatoms. The number of hydrogen-bond acceptors (Lipinski definition) is 2. The van der Waals surface area contributed by atoms with Crippen LogP contribution in [0, 0.1) is 16.7 Å². The molecular formula is C15H18N2O. The van der Waals surface area contributed by atoms with Crippen LogP contribution in [0.1, 0.15) is 44.6 Å². The van der Waals surface area contributed by atoms with Gasteiger partial charge in [-0.05, 0) is 31.4 Å². The molecule has 1 aliphatic rings. The van der Waals surface area contributed by atoms with Crippen LogP contribution in [0.4, 0.5) is 5.69 Å². The fourth-order valence-electron chi connectivity index (χ4n) is 2.74. The molecule has 1 aromatic carbocycles. The number of rotatable bonds is 3. The van der Waals surface area contributed by atoms with Gasteiger partial charge >= 0.3 is 0 Å². The van der Waals surface area contributed by atoms with Crippen molar-refractivity contribution in [2.24, 2.45) is 5.41 Å². The minimum absolute atomic E-state index is 0.0743. The van der Waals surface area contributed by atoms with Gasteiger partial charge in [-0.15, -0.1) is 0 Å². The standard InChI is InChI=1S/C15H18N2O/c1-2-15(9-5-6-10-15)14(18)17-13-8-4-3-7-12(13)11-16/h3-4,7-8H,2,5-6,9-10H2,1H3,(H,17,18). The van der Waals surface area contributed by atoms with E-state index in [-0.39, 0.29) is 11.3 Å².